The number of rotatable bonds is 4. The maximum absolute atomic E-state index is 12.6. The highest BCUT2D eigenvalue weighted by Crippen LogP contribution is 2.28. The summed E-state index contributed by atoms with van der Waals surface area (Å²) in [5.41, 5.74) is 3.37. The minimum absolute atomic E-state index is 0.294. The predicted molar refractivity (Wildman–Crippen MR) is 113 cm³/mol. The van der Waals surface area contributed by atoms with E-state index in [-0.39, 0.29) is 0 Å². The highest BCUT2D eigenvalue weighted by Gasteiger charge is 2.22. The van der Waals surface area contributed by atoms with E-state index < -0.39 is 5.97 Å². The van der Waals surface area contributed by atoms with Crippen LogP contribution in [-0.4, -0.2) is 27.1 Å². The molecule has 28 heavy (non-hydrogen) atoms. The summed E-state index contributed by atoms with van der Waals surface area (Å²) in [6.45, 7) is 3.89. The number of halogens is 1. The van der Waals surface area contributed by atoms with Crippen molar-refractivity contribution in [2.24, 2.45) is 0 Å². The molecule has 2 heterocycles. The summed E-state index contributed by atoms with van der Waals surface area (Å²) in [5, 5.41) is 1.10. The fourth-order valence-electron chi connectivity index (χ4n) is 3.19. The van der Waals surface area contributed by atoms with Crippen LogP contribution < -0.4 is 0 Å². The van der Waals surface area contributed by atoms with Crippen molar-refractivity contribution >= 4 is 32.8 Å². The molecule has 0 radical (unpaired) electrons. The summed E-state index contributed by atoms with van der Waals surface area (Å²) in [7, 11) is 0. The summed E-state index contributed by atoms with van der Waals surface area (Å²) >= 11 is 3.45. The van der Waals surface area contributed by atoms with Crippen molar-refractivity contribution in [2.75, 3.05) is 6.61 Å². The molecule has 5 nitrogen and oxygen atoms in total. The zero-order valence-corrected chi connectivity index (χ0v) is 17.1. The zero-order chi connectivity index (χ0) is 19.7. The summed E-state index contributed by atoms with van der Waals surface area (Å²) < 4.78 is 8.15. The molecular formula is C22H18BrN3O2. The topological polar surface area (TPSA) is 57.0 Å². The number of aryl methyl sites for hydroxylation is 1. The van der Waals surface area contributed by atoms with Crippen LogP contribution in [0.1, 0.15) is 23.0 Å². The largest absolute Gasteiger partial charge is 0.462 e. The Kier molecular flexibility index (Phi) is 4.96. The first-order valence-corrected chi connectivity index (χ1v) is 9.76. The zero-order valence-electron chi connectivity index (χ0n) is 15.5. The molecule has 4 rings (SSSR count). The monoisotopic (exact) mass is 435 g/mol. The first kappa shape index (κ1) is 18.4. The van der Waals surface area contributed by atoms with Crippen LogP contribution in [0.3, 0.4) is 0 Å². The minimum Gasteiger partial charge on any atom is -0.462 e. The minimum atomic E-state index is -0.415. The quantitative estimate of drug-likeness (QED) is 0.406. The molecule has 4 aromatic rings. The van der Waals surface area contributed by atoms with Crippen molar-refractivity contribution in [3.05, 3.63) is 76.5 Å². The number of esters is 1. The van der Waals surface area contributed by atoms with Gasteiger partial charge in [0.1, 0.15) is 5.56 Å². The molecule has 0 bridgehead atoms. The fourth-order valence-corrected chi connectivity index (χ4v) is 3.45. The second kappa shape index (κ2) is 7.56. The third kappa shape index (κ3) is 3.31. The van der Waals surface area contributed by atoms with Crippen LogP contribution in [0.15, 0.2) is 65.3 Å². The number of carbonyl (C=O) groups is 1. The Hall–Kier alpha value is -2.99. The van der Waals surface area contributed by atoms with Crippen molar-refractivity contribution in [1.29, 1.82) is 0 Å². The van der Waals surface area contributed by atoms with E-state index in [0.29, 0.717) is 29.5 Å². The van der Waals surface area contributed by atoms with Gasteiger partial charge in [0.05, 0.1) is 23.5 Å². The van der Waals surface area contributed by atoms with Crippen molar-refractivity contribution in [2.45, 2.75) is 13.8 Å². The van der Waals surface area contributed by atoms with Crippen LogP contribution in [-0.2, 0) is 4.74 Å². The Morgan fingerprint density at radius 3 is 2.57 bits per heavy atom. The van der Waals surface area contributed by atoms with Crippen LogP contribution in [0.2, 0.25) is 0 Å². The molecule has 140 valence electrons. The van der Waals surface area contributed by atoms with Crippen LogP contribution in [0.5, 0.6) is 0 Å². The lowest BCUT2D eigenvalue weighted by Gasteiger charge is -2.14. The number of hydrogen-bond donors (Lipinski definition) is 0. The standard InChI is InChI=1S/C22H18BrN3O2/c1-3-28-21(27)19-14(2)24-22(25-20(19)16-8-10-17(23)11-9-16)26-13-12-15-6-4-5-7-18(15)26/h4-13H,3H2,1-2H3. The Morgan fingerprint density at radius 1 is 1.07 bits per heavy atom. The fraction of sp³-hybridized carbons (Fsp3) is 0.136. The lowest BCUT2D eigenvalue weighted by molar-refractivity contribution is 0.0525. The third-order valence-electron chi connectivity index (χ3n) is 4.49. The van der Waals surface area contributed by atoms with Crippen LogP contribution >= 0.6 is 15.9 Å². The average Bonchev–Trinajstić information content (AvgIpc) is 3.12. The van der Waals surface area contributed by atoms with Crippen LogP contribution in [0.25, 0.3) is 28.1 Å². The first-order valence-electron chi connectivity index (χ1n) is 8.96. The van der Waals surface area contributed by atoms with Crippen LogP contribution in [0, 0.1) is 6.92 Å². The van der Waals surface area contributed by atoms with Gasteiger partial charge >= 0.3 is 5.97 Å². The molecule has 2 aromatic heterocycles. The Morgan fingerprint density at radius 2 is 1.82 bits per heavy atom. The van der Waals surface area contributed by atoms with E-state index in [0.717, 1.165) is 20.9 Å². The van der Waals surface area contributed by atoms with Gasteiger partial charge in [0, 0.05) is 21.6 Å². The lowest BCUT2D eigenvalue weighted by Crippen LogP contribution is -2.14. The maximum atomic E-state index is 12.6. The summed E-state index contributed by atoms with van der Waals surface area (Å²) in [6.07, 6.45) is 1.94. The molecule has 0 fully saturated rings. The Balaban J connectivity index is 1.95. The second-order valence-electron chi connectivity index (χ2n) is 6.30. The van der Waals surface area contributed by atoms with Gasteiger partial charge in [0.15, 0.2) is 0 Å². The smallest absolute Gasteiger partial charge is 0.342 e. The number of hydrogen-bond acceptors (Lipinski definition) is 4. The number of benzene rings is 2. The van der Waals surface area contributed by atoms with E-state index in [9.17, 15) is 4.79 Å². The number of fused-ring (bicyclic) bond motifs is 1. The Bertz CT molecular complexity index is 1170. The van der Waals surface area contributed by atoms with E-state index in [1.807, 2.05) is 72.3 Å². The molecule has 2 aromatic carbocycles. The second-order valence-corrected chi connectivity index (χ2v) is 7.22. The van der Waals surface area contributed by atoms with E-state index in [4.69, 9.17) is 9.72 Å². The molecule has 0 aliphatic rings. The highest BCUT2D eigenvalue weighted by molar-refractivity contribution is 9.10. The molecule has 0 spiro atoms. The molecule has 0 aliphatic carbocycles. The van der Waals surface area contributed by atoms with Crippen molar-refractivity contribution in [1.82, 2.24) is 14.5 Å². The number of aromatic nitrogens is 3. The molecule has 0 aliphatic heterocycles. The van der Waals surface area contributed by atoms with Crippen molar-refractivity contribution in [3.63, 3.8) is 0 Å². The molecule has 0 atom stereocenters. The number of ether oxygens (including phenoxy) is 1. The first-order chi connectivity index (χ1) is 13.6. The number of para-hydroxylation sites is 1. The van der Waals surface area contributed by atoms with Crippen LogP contribution in [0.4, 0.5) is 0 Å². The highest BCUT2D eigenvalue weighted by atomic mass is 79.9. The molecule has 6 heteroatoms. The van der Waals surface area contributed by atoms with Gasteiger partial charge < -0.3 is 4.74 Å². The van der Waals surface area contributed by atoms with Crippen molar-refractivity contribution in [3.8, 4) is 17.2 Å². The lowest BCUT2D eigenvalue weighted by atomic mass is 10.0. The van der Waals surface area contributed by atoms with Gasteiger partial charge in [-0.2, -0.15) is 0 Å². The average molecular weight is 436 g/mol. The van der Waals surface area contributed by atoms with Crippen molar-refractivity contribution < 1.29 is 9.53 Å². The Labute approximate surface area is 171 Å². The molecule has 0 amide bonds. The summed E-state index contributed by atoms with van der Waals surface area (Å²) in [6, 6.07) is 17.8. The summed E-state index contributed by atoms with van der Waals surface area (Å²) in [5.74, 6) is 0.103. The molecule has 0 saturated carbocycles. The van der Waals surface area contributed by atoms with E-state index in [2.05, 4.69) is 20.9 Å². The summed E-state index contributed by atoms with van der Waals surface area (Å²) in [4.78, 5) is 22.0. The van der Waals surface area contributed by atoms with E-state index in [1.54, 1.807) is 6.92 Å². The van der Waals surface area contributed by atoms with E-state index in [1.165, 1.54) is 0 Å². The number of nitrogens with zero attached hydrogens (tertiary/aromatic N) is 3. The van der Waals surface area contributed by atoms with Gasteiger partial charge in [0.25, 0.3) is 0 Å². The predicted octanol–water partition coefficient (Wildman–Crippen LogP) is 5.34. The van der Waals surface area contributed by atoms with E-state index >= 15 is 0 Å². The normalized spacial score (nSPS) is 11.0. The third-order valence-corrected chi connectivity index (χ3v) is 5.02. The van der Waals surface area contributed by atoms with Gasteiger partial charge in [-0.1, -0.05) is 46.3 Å². The molecule has 0 N–H and O–H groups in total. The maximum Gasteiger partial charge on any atom is 0.342 e. The molecule has 0 unspecified atom stereocenters. The molecular weight excluding hydrogens is 418 g/mol. The SMILES string of the molecule is CCOC(=O)c1c(C)nc(-n2ccc3ccccc32)nc1-c1ccc(Br)cc1. The van der Waals surface area contributed by atoms with Gasteiger partial charge in [-0.25, -0.2) is 14.8 Å². The van der Waals surface area contributed by atoms with Gasteiger partial charge in [-0.05, 0) is 38.1 Å². The number of carbonyl (C=O) groups excluding carboxylic acids is 1. The van der Waals surface area contributed by atoms with Gasteiger partial charge in [0.2, 0.25) is 5.95 Å². The van der Waals surface area contributed by atoms with Gasteiger partial charge in [-0.15, -0.1) is 0 Å². The molecule has 0 saturated heterocycles. The van der Waals surface area contributed by atoms with Gasteiger partial charge in [-0.3, -0.25) is 4.57 Å².